The third kappa shape index (κ3) is 5.00. The number of benzene rings is 3. The molecule has 140 valence electrons. The van der Waals surface area contributed by atoms with Gasteiger partial charge in [0, 0.05) is 6.92 Å². The summed E-state index contributed by atoms with van der Waals surface area (Å²) in [7, 11) is 0. The maximum atomic E-state index is 11.2. The van der Waals surface area contributed by atoms with Crippen LogP contribution in [0.15, 0.2) is 60.7 Å². The monoisotopic (exact) mass is 363 g/mol. The molecule has 0 aliphatic heterocycles. The number of nitrogens with one attached hydrogen (secondary N) is 1. The summed E-state index contributed by atoms with van der Waals surface area (Å²) < 4.78 is 11.6. The highest BCUT2D eigenvalue weighted by molar-refractivity contribution is 5.85. The maximum absolute atomic E-state index is 11.2. The van der Waals surface area contributed by atoms with Crippen LogP contribution in [-0.2, 0) is 4.79 Å². The number of ether oxygens (including phenoxy) is 2. The van der Waals surface area contributed by atoms with Crippen LogP contribution in [0.25, 0.3) is 10.8 Å². The Morgan fingerprint density at radius 2 is 1.41 bits per heavy atom. The summed E-state index contributed by atoms with van der Waals surface area (Å²) in [5, 5.41) is 5.11. The molecule has 0 radical (unpaired) electrons. The first-order valence-electron chi connectivity index (χ1n) is 9.16. The van der Waals surface area contributed by atoms with E-state index in [0.717, 1.165) is 33.6 Å². The first kappa shape index (κ1) is 18.8. The Balaban J connectivity index is 1.75. The molecule has 0 fully saturated rings. The minimum atomic E-state index is -0.0313. The molecule has 1 N–H and O–H groups in total. The summed E-state index contributed by atoms with van der Waals surface area (Å²) in [6.07, 6.45) is 0.149. The van der Waals surface area contributed by atoms with Crippen LogP contribution in [0.5, 0.6) is 17.2 Å². The van der Waals surface area contributed by atoms with Crippen LogP contribution in [0.3, 0.4) is 0 Å². The third-order valence-corrected chi connectivity index (χ3v) is 4.19. The number of carbonyl (C=O) groups is 1. The summed E-state index contributed by atoms with van der Waals surface area (Å²) in [6, 6.07) is 19.8. The van der Waals surface area contributed by atoms with Gasteiger partial charge in [-0.25, -0.2) is 0 Å². The Bertz CT molecular complexity index is 932. The minimum absolute atomic E-state index is 0.0191. The minimum Gasteiger partial charge on any atom is -0.491 e. The van der Waals surface area contributed by atoms with Gasteiger partial charge >= 0.3 is 0 Å². The maximum Gasteiger partial charge on any atom is 0.217 e. The van der Waals surface area contributed by atoms with E-state index in [-0.39, 0.29) is 18.1 Å². The highest BCUT2D eigenvalue weighted by Crippen LogP contribution is 2.28. The quantitative estimate of drug-likeness (QED) is 0.618. The molecule has 4 nitrogen and oxygen atoms in total. The van der Waals surface area contributed by atoms with Crippen LogP contribution < -0.4 is 14.8 Å². The molecule has 0 spiro atoms. The van der Waals surface area contributed by atoms with Crippen molar-refractivity contribution in [2.75, 3.05) is 0 Å². The fraction of sp³-hybridized carbons (Fsp3) is 0.261. The van der Waals surface area contributed by atoms with Gasteiger partial charge in [-0.05, 0) is 79.6 Å². The number of hydrogen-bond donors (Lipinski definition) is 1. The van der Waals surface area contributed by atoms with Gasteiger partial charge in [-0.2, -0.15) is 0 Å². The second kappa shape index (κ2) is 8.12. The molecule has 0 aliphatic rings. The van der Waals surface area contributed by atoms with Crippen LogP contribution in [-0.4, -0.2) is 12.0 Å². The van der Waals surface area contributed by atoms with E-state index < -0.39 is 0 Å². The van der Waals surface area contributed by atoms with E-state index in [1.807, 2.05) is 69.3 Å². The molecule has 27 heavy (non-hydrogen) atoms. The van der Waals surface area contributed by atoms with Crippen molar-refractivity contribution in [2.45, 2.75) is 39.8 Å². The standard InChI is InChI=1S/C23H25NO3/c1-15(2)26-21-9-11-22(12-10-21)27-23-8-7-19-13-18(5-6-20(19)14-23)16(3)24-17(4)25/h5-16H,1-4H3,(H,24,25). The van der Waals surface area contributed by atoms with Gasteiger partial charge < -0.3 is 14.8 Å². The first-order valence-corrected chi connectivity index (χ1v) is 9.16. The second-order valence-corrected chi connectivity index (χ2v) is 6.93. The molecular weight excluding hydrogens is 338 g/mol. The van der Waals surface area contributed by atoms with Crippen molar-refractivity contribution in [1.82, 2.24) is 5.32 Å². The number of amides is 1. The van der Waals surface area contributed by atoms with E-state index in [1.165, 1.54) is 6.92 Å². The van der Waals surface area contributed by atoms with Gasteiger partial charge in [0.15, 0.2) is 0 Å². The van der Waals surface area contributed by atoms with Crippen molar-refractivity contribution >= 4 is 16.7 Å². The normalized spacial score (nSPS) is 12.0. The second-order valence-electron chi connectivity index (χ2n) is 6.93. The highest BCUT2D eigenvalue weighted by atomic mass is 16.5. The molecule has 0 bridgehead atoms. The molecule has 4 heteroatoms. The van der Waals surface area contributed by atoms with Gasteiger partial charge in [-0.3, -0.25) is 4.79 Å². The molecule has 1 atom stereocenters. The van der Waals surface area contributed by atoms with E-state index >= 15 is 0 Å². The molecule has 3 rings (SSSR count). The summed E-state index contributed by atoms with van der Waals surface area (Å²) in [4.78, 5) is 11.2. The van der Waals surface area contributed by atoms with E-state index in [4.69, 9.17) is 9.47 Å². The average Bonchev–Trinajstić information content (AvgIpc) is 2.62. The molecule has 3 aromatic carbocycles. The van der Waals surface area contributed by atoms with E-state index in [0.29, 0.717) is 0 Å². The molecule has 0 saturated heterocycles. The Morgan fingerprint density at radius 1 is 0.815 bits per heavy atom. The fourth-order valence-electron chi connectivity index (χ4n) is 2.96. The molecule has 0 heterocycles. The smallest absolute Gasteiger partial charge is 0.217 e. The first-order chi connectivity index (χ1) is 12.9. The lowest BCUT2D eigenvalue weighted by molar-refractivity contribution is -0.119. The molecule has 0 aliphatic carbocycles. The van der Waals surface area contributed by atoms with Gasteiger partial charge in [0.1, 0.15) is 17.2 Å². The highest BCUT2D eigenvalue weighted by Gasteiger charge is 2.08. The predicted octanol–water partition coefficient (Wildman–Crippen LogP) is 5.62. The van der Waals surface area contributed by atoms with Crippen molar-refractivity contribution < 1.29 is 14.3 Å². The largest absolute Gasteiger partial charge is 0.491 e. The summed E-state index contributed by atoms with van der Waals surface area (Å²) in [6.45, 7) is 7.51. The van der Waals surface area contributed by atoms with E-state index in [1.54, 1.807) is 0 Å². The fourth-order valence-corrected chi connectivity index (χ4v) is 2.96. The molecule has 1 unspecified atom stereocenters. The lowest BCUT2D eigenvalue weighted by Crippen LogP contribution is -2.23. The number of carbonyl (C=O) groups excluding carboxylic acids is 1. The van der Waals surface area contributed by atoms with Crippen molar-refractivity contribution in [1.29, 1.82) is 0 Å². The van der Waals surface area contributed by atoms with Crippen LogP contribution >= 0.6 is 0 Å². The Kier molecular flexibility index (Phi) is 5.65. The molecule has 0 saturated carbocycles. The topological polar surface area (TPSA) is 47.6 Å². The zero-order chi connectivity index (χ0) is 19.4. The SMILES string of the molecule is CC(=O)NC(C)c1ccc2cc(Oc3ccc(OC(C)C)cc3)ccc2c1. The summed E-state index contributed by atoms with van der Waals surface area (Å²) >= 11 is 0. The van der Waals surface area contributed by atoms with E-state index in [9.17, 15) is 4.79 Å². The molecular formula is C23H25NO3. The van der Waals surface area contributed by atoms with Crippen molar-refractivity contribution in [3.05, 3.63) is 66.2 Å². The third-order valence-electron chi connectivity index (χ3n) is 4.19. The van der Waals surface area contributed by atoms with Crippen LogP contribution in [0.1, 0.15) is 39.3 Å². The van der Waals surface area contributed by atoms with Gasteiger partial charge in [-0.1, -0.05) is 18.2 Å². The lowest BCUT2D eigenvalue weighted by atomic mass is 10.0. The van der Waals surface area contributed by atoms with Gasteiger partial charge in [0.05, 0.1) is 12.1 Å². The van der Waals surface area contributed by atoms with Crippen molar-refractivity contribution in [3.8, 4) is 17.2 Å². The Hall–Kier alpha value is -3.01. The van der Waals surface area contributed by atoms with Crippen molar-refractivity contribution in [2.24, 2.45) is 0 Å². The van der Waals surface area contributed by atoms with Crippen LogP contribution in [0.4, 0.5) is 0 Å². The number of fused-ring (bicyclic) bond motifs is 1. The van der Waals surface area contributed by atoms with Gasteiger partial charge in [0.25, 0.3) is 0 Å². The average molecular weight is 363 g/mol. The van der Waals surface area contributed by atoms with Gasteiger partial charge in [0.2, 0.25) is 5.91 Å². The Labute approximate surface area is 160 Å². The van der Waals surface area contributed by atoms with Crippen molar-refractivity contribution in [3.63, 3.8) is 0 Å². The summed E-state index contributed by atoms with van der Waals surface area (Å²) in [5.74, 6) is 2.34. The predicted molar refractivity (Wildman–Crippen MR) is 108 cm³/mol. The van der Waals surface area contributed by atoms with Gasteiger partial charge in [-0.15, -0.1) is 0 Å². The van der Waals surface area contributed by atoms with E-state index in [2.05, 4.69) is 17.4 Å². The zero-order valence-electron chi connectivity index (χ0n) is 16.2. The summed E-state index contributed by atoms with van der Waals surface area (Å²) in [5.41, 5.74) is 1.08. The number of hydrogen-bond acceptors (Lipinski definition) is 3. The number of rotatable bonds is 6. The molecule has 3 aromatic rings. The zero-order valence-corrected chi connectivity index (χ0v) is 16.2. The lowest BCUT2D eigenvalue weighted by Gasteiger charge is -2.14. The molecule has 0 aromatic heterocycles. The van der Waals surface area contributed by atoms with Crippen LogP contribution in [0, 0.1) is 0 Å². The molecule has 1 amide bonds. The Morgan fingerprint density at radius 3 is 2.07 bits per heavy atom. The van der Waals surface area contributed by atoms with Crippen LogP contribution in [0.2, 0.25) is 0 Å².